The Morgan fingerprint density at radius 1 is 1.24 bits per heavy atom. The van der Waals surface area contributed by atoms with E-state index in [1.54, 1.807) is 25.4 Å². The monoisotopic (exact) mass is 284 g/mol. The molecule has 0 unspecified atom stereocenters. The molecule has 0 aliphatic heterocycles. The van der Waals surface area contributed by atoms with Crippen molar-refractivity contribution in [2.45, 2.75) is 19.8 Å². The first-order chi connectivity index (χ1) is 10.3. The van der Waals surface area contributed by atoms with E-state index in [0.29, 0.717) is 12.2 Å². The van der Waals surface area contributed by atoms with Gasteiger partial charge in [0.2, 0.25) is 0 Å². The van der Waals surface area contributed by atoms with Crippen LogP contribution in [0.2, 0.25) is 0 Å². The minimum absolute atomic E-state index is 0.314. The normalized spacial score (nSPS) is 10.1. The van der Waals surface area contributed by atoms with E-state index in [1.165, 1.54) is 5.56 Å². The molecule has 0 aliphatic carbocycles. The summed E-state index contributed by atoms with van der Waals surface area (Å²) < 4.78 is 5.04. The van der Waals surface area contributed by atoms with Gasteiger partial charge in [0.25, 0.3) is 0 Å². The molecule has 1 aromatic carbocycles. The van der Waals surface area contributed by atoms with Crippen LogP contribution in [0.15, 0.2) is 48.8 Å². The lowest BCUT2D eigenvalue weighted by atomic mass is 10.1. The number of hydrogen-bond acceptors (Lipinski definition) is 4. The first-order valence-corrected chi connectivity index (χ1v) is 7.20. The molecule has 2 aromatic rings. The number of carbonyl (C=O) groups is 1. The van der Waals surface area contributed by atoms with Gasteiger partial charge < -0.3 is 10.1 Å². The minimum Gasteiger partial charge on any atom is -0.462 e. The number of aromatic nitrogens is 1. The largest absolute Gasteiger partial charge is 0.462 e. The molecule has 1 N–H and O–H groups in total. The summed E-state index contributed by atoms with van der Waals surface area (Å²) in [5.74, 6) is -0.314. The molecular weight excluding hydrogens is 264 g/mol. The van der Waals surface area contributed by atoms with Gasteiger partial charge in [0.15, 0.2) is 0 Å². The van der Waals surface area contributed by atoms with E-state index in [0.717, 1.165) is 25.1 Å². The molecule has 0 fully saturated rings. The van der Waals surface area contributed by atoms with Gasteiger partial charge in [-0.1, -0.05) is 30.3 Å². The average Bonchev–Trinajstić information content (AvgIpc) is 2.53. The van der Waals surface area contributed by atoms with Gasteiger partial charge in [-0.05, 0) is 31.4 Å². The van der Waals surface area contributed by atoms with Crippen LogP contribution in [0.25, 0.3) is 0 Å². The fourth-order valence-corrected chi connectivity index (χ4v) is 2.08. The van der Waals surface area contributed by atoms with Crippen molar-refractivity contribution in [2.75, 3.05) is 18.5 Å². The molecule has 1 heterocycles. The first kappa shape index (κ1) is 15.0. The number of esters is 1. The summed E-state index contributed by atoms with van der Waals surface area (Å²) in [4.78, 5) is 15.9. The summed E-state index contributed by atoms with van der Waals surface area (Å²) in [5, 5.41) is 3.26. The summed E-state index contributed by atoms with van der Waals surface area (Å²) in [6, 6.07) is 12.0. The van der Waals surface area contributed by atoms with Crippen molar-refractivity contribution < 1.29 is 9.53 Å². The Kier molecular flexibility index (Phi) is 5.76. The van der Waals surface area contributed by atoms with Crippen molar-refractivity contribution in [3.63, 3.8) is 0 Å². The summed E-state index contributed by atoms with van der Waals surface area (Å²) in [6.07, 6.45) is 5.25. The van der Waals surface area contributed by atoms with E-state index < -0.39 is 0 Å². The third kappa shape index (κ3) is 4.60. The number of nitrogens with one attached hydrogen (secondary N) is 1. The molecule has 4 heteroatoms. The third-order valence-electron chi connectivity index (χ3n) is 3.12. The van der Waals surface area contributed by atoms with Crippen LogP contribution in [0.3, 0.4) is 0 Å². The van der Waals surface area contributed by atoms with Gasteiger partial charge in [0.1, 0.15) is 0 Å². The molecule has 0 spiro atoms. The highest BCUT2D eigenvalue weighted by atomic mass is 16.5. The molecule has 0 saturated heterocycles. The number of aryl methyl sites for hydroxylation is 1. The molecular formula is C17H20N2O2. The highest BCUT2D eigenvalue weighted by Gasteiger charge is 2.11. The standard InChI is InChI=1S/C17H20N2O2/c1-2-21-17(20)15-10-12-18-13-16(15)19-11-6-9-14-7-4-3-5-8-14/h3-5,7-8,10,12-13,19H,2,6,9,11H2,1H3. The van der Waals surface area contributed by atoms with Crippen LogP contribution in [0.1, 0.15) is 29.3 Å². The Balaban J connectivity index is 1.87. The van der Waals surface area contributed by atoms with Crippen molar-refractivity contribution in [2.24, 2.45) is 0 Å². The Hall–Kier alpha value is -2.36. The van der Waals surface area contributed by atoms with Crippen molar-refractivity contribution in [3.8, 4) is 0 Å². The van der Waals surface area contributed by atoms with Crippen LogP contribution in [0.5, 0.6) is 0 Å². The lowest BCUT2D eigenvalue weighted by molar-refractivity contribution is 0.0527. The Morgan fingerprint density at radius 2 is 2.05 bits per heavy atom. The lowest BCUT2D eigenvalue weighted by Crippen LogP contribution is -2.11. The van der Waals surface area contributed by atoms with Crippen LogP contribution in [0.4, 0.5) is 5.69 Å². The van der Waals surface area contributed by atoms with Gasteiger partial charge in [-0.15, -0.1) is 0 Å². The fourth-order valence-electron chi connectivity index (χ4n) is 2.08. The zero-order valence-electron chi connectivity index (χ0n) is 12.2. The maximum Gasteiger partial charge on any atom is 0.340 e. The number of anilines is 1. The number of hydrogen-bond donors (Lipinski definition) is 1. The summed E-state index contributed by atoms with van der Waals surface area (Å²) >= 11 is 0. The second-order valence-electron chi connectivity index (χ2n) is 4.66. The second kappa shape index (κ2) is 8.04. The number of benzene rings is 1. The maximum absolute atomic E-state index is 11.8. The van der Waals surface area contributed by atoms with Gasteiger partial charge in [0, 0.05) is 12.7 Å². The van der Waals surface area contributed by atoms with E-state index in [9.17, 15) is 4.79 Å². The van der Waals surface area contributed by atoms with Gasteiger partial charge in [0.05, 0.1) is 24.1 Å². The van der Waals surface area contributed by atoms with Gasteiger partial charge >= 0.3 is 5.97 Å². The average molecular weight is 284 g/mol. The molecule has 0 bridgehead atoms. The smallest absolute Gasteiger partial charge is 0.340 e. The fraction of sp³-hybridized carbons (Fsp3) is 0.294. The highest BCUT2D eigenvalue weighted by molar-refractivity contribution is 5.95. The van der Waals surface area contributed by atoms with E-state index in [1.807, 2.05) is 18.2 Å². The molecule has 4 nitrogen and oxygen atoms in total. The summed E-state index contributed by atoms with van der Waals surface area (Å²) in [6.45, 7) is 2.95. The quantitative estimate of drug-likeness (QED) is 0.626. The van der Waals surface area contributed by atoms with E-state index in [-0.39, 0.29) is 5.97 Å². The summed E-state index contributed by atoms with van der Waals surface area (Å²) in [7, 11) is 0. The molecule has 110 valence electrons. The van der Waals surface area contributed by atoms with E-state index >= 15 is 0 Å². The number of pyridine rings is 1. The van der Waals surface area contributed by atoms with Crippen molar-refractivity contribution in [3.05, 3.63) is 59.9 Å². The second-order valence-corrected chi connectivity index (χ2v) is 4.66. The first-order valence-electron chi connectivity index (χ1n) is 7.20. The Labute approximate surface area is 125 Å². The van der Waals surface area contributed by atoms with Crippen molar-refractivity contribution in [1.82, 2.24) is 4.98 Å². The van der Waals surface area contributed by atoms with Crippen molar-refractivity contribution >= 4 is 11.7 Å². The predicted molar refractivity (Wildman–Crippen MR) is 83.4 cm³/mol. The zero-order chi connectivity index (χ0) is 14.9. The molecule has 0 saturated carbocycles. The maximum atomic E-state index is 11.8. The van der Waals surface area contributed by atoms with Crippen molar-refractivity contribution in [1.29, 1.82) is 0 Å². The van der Waals surface area contributed by atoms with E-state index in [4.69, 9.17) is 4.74 Å². The molecule has 1 aromatic heterocycles. The molecule has 21 heavy (non-hydrogen) atoms. The topological polar surface area (TPSA) is 51.2 Å². The molecule has 2 rings (SSSR count). The predicted octanol–water partition coefficient (Wildman–Crippen LogP) is 3.30. The lowest BCUT2D eigenvalue weighted by Gasteiger charge is -2.10. The Bertz CT molecular complexity index is 570. The van der Waals surface area contributed by atoms with Crippen LogP contribution >= 0.6 is 0 Å². The Morgan fingerprint density at radius 3 is 2.81 bits per heavy atom. The van der Waals surface area contributed by atoms with Gasteiger partial charge in [-0.2, -0.15) is 0 Å². The zero-order valence-corrected chi connectivity index (χ0v) is 12.2. The van der Waals surface area contributed by atoms with Crippen LogP contribution in [-0.4, -0.2) is 24.1 Å². The molecule has 0 amide bonds. The van der Waals surface area contributed by atoms with Gasteiger partial charge in [-0.25, -0.2) is 4.79 Å². The minimum atomic E-state index is -0.314. The van der Waals surface area contributed by atoms with Crippen LogP contribution in [0, 0.1) is 0 Å². The van der Waals surface area contributed by atoms with Crippen LogP contribution in [-0.2, 0) is 11.2 Å². The number of rotatable bonds is 7. The number of nitrogens with zero attached hydrogens (tertiary/aromatic N) is 1. The molecule has 0 aliphatic rings. The molecule has 0 atom stereocenters. The number of ether oxygens (including phenoxy) is 1. The number of carbonyl (C=O) groups excluding carboxylic acids is 1. The van der Waals surface area contributed by atoms with Gasteiger partial charge in [-0.3, -0.25) is 4.98 Å². The van der Waals surface area contributed by atoms with Crippen LogP contribution < -0.4 is 5.32 Å². The van der Waals surface area contributed by atoms with E-state index in [2.05, 4.69) is 22.4 Å². The highest BCUT2D eigenvalue weighted by Crippen LogP contribution is 2.15. The summed E-state index contributed by atoms with van der Waals surface area (Å²) in [5.41, 5.74) is 2.58. The third-order valence-corrected chi connectivity index (χ3v) is 3.12. The SMILES string of the molecule is CCOC(=O)c1ccncc1NCCCc1ccccc1. The molecule has 0 radical (unpaired) electrons.